The Morgan fingerprint density at radius 1 is 1.17 bits per heavy atom. The van der Waals surface area contributed by atoms with Crippen molar-refractivity contribution in [3.63, 3.8) is 0 Å². The number of hydrogen-bond acceptors (Lipinski definition) is 4. The molecule has 184 valence electrons. The third-order valence-corrected chi connectivity index (χ3v) is 6.07. The van der Waals surface area contributed by atoms with Crippen LogP contribution in [0.5, 0.6) is 0 Å². The van der Waals surface area contributed by atoms with Crippen LogP contribution in [-0.2, 0) is 14.4 Å². The van der Waals surface area contributed by atoms with Gasteiger partial charge in [0.2, 0.25) is 18.0 Å². The van der Waals surface area contributed by atoms with Gasteiger partial charge in [0.15, 0.2) is 0 Å². The Morgan fingerprint density at radius 2 is 1.83 bits per heavy atom. The van der Waals surface area contributed by atoms with E-state index in [1.54, 1.807) is 37.4 Å². The first-order valence-corrected chi connectivity index (χ1v) is 11.5. The number of primary amides is 1. The van der Waals surface area contributed by atoms with Crippen molar-refractivity contribution in [1.82, 2.24) is 5.32 Å². The molecule has 1 aliphatic rings. The Hall–Kier alpha value is -3.81. The Balaban J connectivity index is 2.05. The smallest absolute Gasteiger partial charge is 0.272 e. The van der Waals surface area contributed by atoms with E-state index in [1.165, 1.54) is 17.0 Å². The molecule has 3 atom stereocenters. The number of fused-ring (bicyclic) bond motifs is 1. The Labute approximate surface area is 204 Å². The molecule has 0 bridgehead atoms. The molecule has 0 aromatic heterocycles. The van der Waals surface area contributed by atoms with E-state index >= 15 is 0 Å². The number of hydrogen-bond donors (Lipinski definition) is 2. The number of benzene rings is 2. The number of para-hydroxylation sites is 1. The number of nitrogens with two attached hydrogens (primary N) is 1. The van der Waals surface area contributed by atoms with E-state index in [-0.39, 0.29) is 12.3 Å². The van der Waals surface area contributed by atoms with Crippen molar-refractivity contribution in [2.75, 3.05) is 11.9 Å². The summed E-state index contributed by atoms with van der Waals surface area (Å²) >= 11 is 0. The van der Waals surface area contributed by atoms with Gasteiger partial charge in [-0.3, -0.25) is 14.4 Å². The van der Waals surface area contributed by atoms with Crippen LogP contribution in [0.2, 0.25) is 0 Å². The van der Waals surface area contributed by atoms with E-state index < -0.39 is 41.5 Å². The number of nitrogens with zero attached hydrogens (tertiary/aromatic N) is 2. The van der Waals surface area contributed by atoms with Crippen LogP contribution >= 0.6 is 0 Å². The summed E-state index contributed by atoms with van der Waals surface area (Å²) in [5, 5.41) is 2.75. The Kier molecular flexibility index (Phi) is 8.17. The normalized spacial score (nSPS) is 17.2. The lowest BCUT2D eigenvalue weighted by Gasteiger charge is -2.27. The van der Waals surface area contributed by atoms with Gasteiger partial charge in [-0.15, -0.1) is 6.58 Å². The fourth-order valence-electron chi connectivity index (χ4n) is 4.32. The first-order chi connectivity index (χ1) is 16.6. The van der Waals surface area contributed by atoms with Gasteiger partial charge in [-0.2, -0.15) is 0 Å². The first-order valence-electron chi connectivity index (χ1n) is 11.5. The second kappa shape index (κ2) is 11.1. The largest absolute Gasteiger partial charge is 0.369 e. The molecule has 2 aromatic rings. The molecular weight excluding hydrogens is 447 g/mol. The molecule has 35 heavy (non-hydrogen) atoms. The van der Waals surface area contributed by atoms with E-state index in [2.05, 4.69) is 16.9 Å². The van der Waals surface area contributed by atoms with E-state index in [0.717, 1.165) is 0 Å². The third kappa shape index (κ3) is 5.82. The van der Waals surface area contributed by atoms with Crippen LogP contribution < -0.4 is 16.0 Å². The molecule has 0 aliphatic carbocycles. The monoisotopic (exact) mass is 478 g/mol. The molecule has 3 amide bonds. The summed E-state index contributed by atoms with van der Waals surface area (Å²) in [5.41, 5.74) is 7.94. The van der Waals surface area contributed by atoms with Crippen molar-refractivity contribution in [3.05, 3.63) is 78.1 Å². The lowest BCUT2D eigenvalue weighted by atomic mass is 9.82. The van der Waals surface area contributed by atoms with Crippen LogP contribution in [0.3, 0.4) is 0 Å². The number of anilines is 1. The quantitative estimate of drug-likeness (QED) is 0.540. The van der Waals surface area contributed by atoms with Crippen LogP contribution in [0, 0.1) is 23.6 Å². The Morgan fingerprint density at radius 3 is 2.43 bits per heavy atom. The Bertz CT molecular complexity index is 1140. The van der Waals surface area contributed by atoms with Gasteiger partial charge >= 0.3 is 0 Å². The number of aliphatic imine (C=N–C) groups is 1. The van der Waals surface area contributed by atoms with Gasteiger partial charge in [0.05, 0.1) is 23.2 Å². The molecule has 1 heterocycles. The standard InChI is InChI=1S/C27H31FN4O3/c1-5-8-19(24(29)33)21(15-16(2)3)26(34)31-25-27(35)32(4)22-10-7-6-9-20(22)23(30-25)17-11-13-18(28)14-12-17/h5-7,9-14,16,19,21,25H,1,8,15H2,2-4H3,(H2,29,33)(H,31,34)/t19?,21?,25-/m0/s1. The number of rotatable bonds is 9. The minimum Gasteiger partial charge on any atom is -0.369 e. The van der Waals surface area contributed by atoms with E-state index in [4.69, 9.17) is 5.73 Å². The van der Waals surface area contributed by atoms with Crippen molar-refractivity contribution in [3.8, 4) is 0 Å². The fourth-order valence-corrected chi connectivity index (χ4v) is 4.32. The zero-order chi connectivity index (χ0) is 25.7. The summed E-state index contributed by atoms with van der Waals surface area (Å²) in [6.07, 6.45) is 0.960. The molecule has 0 saturated heterocycles. The van der Waals surface area contributed by atoms with Gasteiger partial charge in [-0.1, -0.05) is 38.1 Å². The van der Waals surface area contributed by atoms with Gasteiger partial charge in [0.1, 0.15) is 5.82 Å². The number of likely N-dealkylation sites (N-methyl/N-ethyl adjacent to an activating group) is 1. The first kappa shape index (κ1) is 25.8. The van der Waals surface area contributed by atoms with Crippen LogP contribution in [0.1, 0.15) is 37.8 Å². The number of carbonyl (C=O) groups is 3. The second-order valence-electron chi connectivity index (χ2n) is 9.08. The molecule has 2 unspecified atom stereocenters. The summed E-state index contributed by atoms with van der Waals surface area (Å²) in [4.78, 5) is 45.1. The molecule has 0 spiro atoms. The van der Waals surface area contributed by atoms with Gasteiger partial charge in [0.25, 0.3) is 5.91 Å². The van der Waals surface area contributed by atoms with Crippen LogP contribution in [0.15, 0.2) is 66.2 Å². The topological polar surface area (TPSA) is 105 Å². The van der Waals surface area contributed by atoms with Crippen molar-refractivity contribution in [2.45, 2.75) is 32.9 Å². The van der Waals surface area contributed by atoms with Crippen LogP contribution in [-0.4, -0.2) is 36.6 Å². The molecule has 1 aliphatic heterocycles. The second-order valence-corrected chi connectivity index (χ2v) is 9.08. The zero-order valence-electron chi connectivity index (χ0n) is 20.2. The molecule has 0 radical (unpaired) electrons. The summed E-state index contributed by atoms with van der Waals surface area (Å²) in [6, 6.07) is 13.0. The molecule has 7 nitrogen and oxygen atoms in total. The predicted molar refractivity (Wildman–Crippen MR) is 134 cm³/mol. The minimum absolute atomic E-state index is 0.104. The summed E-state index contributed by atoms with van der Waals surface area (Å²) in [6.45, 7) is 7.56. The molecule has 8 heteroatoms. The fraction of sp³-hybridized carbons (Fsp3) is 0.333. The minimum atomic E-state index is -1.24. The molecule has 0 fully saturated rings. The number of carbonyl (C=O) groups excluding carboxylic acids is 3. The highest BCUT2D eigenvalue weighted by Crippen LogP contribution is 2.28. The molecule has 3 N–H and O–H groups in total. The van der Waals surface area contributed by atoms with Gasteiger partial charge in [-0.05, 0) is 49.1 Å². The lowest BCUT2D eigenvalue weighted by molar-refractivity contribution is -0.135. The highest BCUT2D eigenvalue weighted by atomic mass is 19.1. The van der Waals surface area contributed by atoms with Crippen molar-refractivity contribution < 1.29 is 18.8 Å². The van der Waals surface area contributed by atoms with Crippen molar-refractivity contribution in [2.24, 2.45) is 28.5 Å². The molecule has 2 aromatic carbocycles. The maximum absolute atomic E-state index is 13.6. The van der Waals surface area contributed by atoms with E-state index in [1.807, 2.05) is 26.0 Å². The predicted octanol–water partition coefficient (Wildman–Crippen LogP) is 3.42. The number of halogens is 1. The summed E-state index contributed by atoms with van der Waals surface area (Å²) in [5.74, 6) is -3.32. The van der Waals surface area contributed by atoms with Crippen LogP contribution in [0.4, 0.5) is 10.1 Å². The number of allylic oxidation sites excluding steroid dienone is 1. The average Bonchev–Trinajstić information content (AvgIpc) is 2.92. The van der Waals surface area contributed by atoms with Crippen molar-refractivity contribution >= 4 is 29.1 Å². The number of nitrogens with one attached hydrogen (secondary N) is 1. The third-order valence-electron chi connectivity index (χ3n) is 6.07. The summed E-state index contributed by atoms with van der Waals surface area (Å²) < 4.78 is 13.6. The maximum atomic E-state index is 13.6. The van der Waals surface area contributed by atoms with Crippen molar-refractivity contribution in [1.29, 1.82) is 0 Å². The average molecular weight is 479 g/mol. The number of benzodiazepines with no additional fused rings is 1. The van der Waals surface area contributed by atoms with Gasteiger partial charge < -0.3 is 16.0 Å². The summed E-state index contributed by atoms with van der Waals surface area (Å²) in [7, 11) is 1.61. The van der Waals surface area contributed by atoms with E-state index in [0.29, 0.717) is 28.9 Å². The molecule has 3 rings (SSSR count). The SMILES string of the molecule is C=CCC(C(N)=O)C(CC(C)C)C(=O)N[C@@H]1N=C(c2ccc(F)cc2)c2ccccc2N(C)C1=O. The number of amides is 3. The lowest BCUT2D eigenvalue weighted by Crippen LogP contribution is -2.50. The maximum Gasteiger partial charge on any atom is 0.272 e. The van der Waals surface area contributed by atoms with Gasteiger partial charge in [0, 0.05) is 18.2 Å². The van der Waals surface area contributed by atoms with E-state index in [9.17, 15) is 18.8 Å². The van der Waals surface area contributed by atoms with Crippen LogP contribution in [0.25, 0.3) is 0 Å². The highest BCUT2D eigenvalue weighted by Gasteiger charge is 2.36. The highest BCUT2D eigenvalue weighted by molar-refractivity contribution is 6.20. The van der Waals surface area contributed by atoms with Gasteiger partial charge in [-0.25, -0.2) is 9.38 Å². The zero-order valence-corrected chi connectivity index (χ0v) is 20.2. The molecule has 0 saturated carbocycles. The molecular formula is C27H31FN4O3.